The van der Waals surface area contributed by atoms with Gasteiger partial charge in [0.1, 0.15) is 0 Å². The van der Waals surface area contributed by atoms with E-state index in [0.717, 1.165) is 19.3 Å². The van der Waals surface area contributed by atoms with Crippen LogP contribution in [0.15, 0.2) is 42.7 Å². The smallest absolute Gasteiger partial charge is 0.306 e. The van der Waals surface area contributed by atoms with E-state index in [1.807, 2.05) is 19.2 Å². The van der Waals surface area contributed by atoms with E-state index in [1.165, 1.54) is 22.3 Å². The summed E-state index contributed by atoms with van der Waals surface area (Å²) in [6.45, 7) is 2.95. The highest BCUT2D eigenvalue weighted by Gasteiger charge is 2.07. The molecule has 2 aromatic rings. The number of aromatic nitrogens is 1. The van der Waals surface area contributed by atoms with Crippen LogP contribution in [-0.4, -0.2) is 24.1 Å². The molecule has 0 aliphatic heterocycles. The molecule has 0 bridgehead atoms. The Morgan fingerprint density at radius 3 is 2.54 bits per heavy atom. The number of esters is 1. The number of benzene rings is 1. The Balaban J connectivity index is 2.12. The minimum absolute atomic E-state index is 0.140. The maximum absolute atomic E-state index is 11.6. The Bertz CT molecular complexity index is 641. The Morgan fingerprint density at radius 2 is 1.88 bits per heavy atom. The molecule has 0 spiro atoms. The molecule has 0 atom stereocenters. The first-order chi connectivity index (χ1) is 11.7. The molecular weight excluding hydrogens is 300 g/mol. The number of nitrogens with two attached hydrogens (primary N) is 1. The van der Waals surface area contributed by atoms with E-state index in [0.29, 0.717) is 26.0 Å². The van der Waals surface area contributed by atoms with Crippen LogP contribution >= 0.6 is 0 Å². The van der Waals surface area contributed by atoms with Crippen molar-refractivity contribution in [3.63, 3.8) is 0 Å². The van der Waals surface area contributed by atoms with E-state index in [-0.39, 0.29) is 5.97 Å². The van der Waals surface area contributed by atoms with E-state index >= 15 is 0 Å². The minimum atomic E-state index is -0.140. The molecule has 128 valence electrons. The second-order valence-corrected chi connectivity index (χ2v) is 5.89. The van der Waals surface area contributed by atoms with Crippen LogP contribution in [0.1, 0.15) is 42.0 Å². The zero-order valence-corrected chi connectivity index (χ0v) is 14.3. The number of rotatable bonds is 9. The first kappa shape index (κ1) is 18.1. The molecule has 4 heteroatoms. The maximum Gasteiger partial charge on any atom is 0.306 e. The Labute approximate surface area is 144 Å². The molecular formula is C20H26N2O2. The van der Waals surface area contributed by atoms with Crippen molar-refractivity contribution in [3.05, 3.63) is 65.0 Å². The maximum atomic E-state index is 11.6. The summed E-state index contributed by atoms with van der Waals surface area (Å²) in [6, 6.07) is 10.6. The minimum Gasteiger partial charge on any atom is -0.466 e. The standard InChI is InChI=1S/C20H26N2O2/c1-2-24-20(23)8-7-17-11-16(5-3-9-21)12-19(13-17)14-18-6-4-10-22-15-18/h4,6,10-13,15H,2-3,5,7-9,14,21H2,1H3. The number of hydrogen-bond acceptors (Lipinski definition) is 4. The molecule has 0 amide bonds. The Kier molecular flexibility index (Phi) is 7.43. The molecule has 0 aliphatic carbocycles. The molecule has 2 N–H and O–H groups in total. The van der Waals surface area contributed by atoms with Crippen molar-refractivity contribution in [1.29, 1.82) is 0 Å². The predicted molar refractivity (Wildman–Crippen MR) is 95.8 cm³/mol. The molecule has 4 nitrogen and oxygen atoms in total. The number of pyridine rings is 1. The topological polar surface area (TPSA) is 65.2 Å². The first-order valence-electron chi connectivity index (χ1n) is 8.57. The van der Waals surface area contributed by atoms with Crippen LogP contribution in [0.3, 0.4) is 0 Å². The summed E-state index contributed by atoms with van der Waals surface area (Å²) in [6.07, 6.45) is 7.57. The lowest BCUT2D eigenvalue weighted by molar-refractivity contribution is -0.143. The summed E-state index contributed by atoms with van der Waals surface area (Å²) in [4.78, 5) is 15.8. The van der Waals surface area contributed by atoms with E-state index < -0.39 is 0 Å². The Hall–Kier alpha value is -2.20. The summed E-state index contributed by atoms with van der Waals surface area (Å²) >= 11 is 0. The zero-order valence-electron chi connectivity index (χ0n) is 14.3. The van der Waals surface area contributed by atoms with Crippen molar-refractivity contribution < 1.29 is 9.53 Å². The van der Waals surface area contributed by atoms with Crippen LogP contribution in [0.4, 0.5) is 0 Å². The van der Waals surface area contributed by atoms with Gasteiger partial charge in [0.25, 0.3) is 0 Å². The quantitative estimate of drug-likeness (QED) is 0.719. The lowest BCUT2D eigenvalue weighted by Crippen LogP contribution is -2.06. The van der Waals surface area contributed by atoms with Crippen molar-refractivity contribution in [2.24, 2.45) is 5.73 Å². The SMILES string of the molecule is CCOC(=O)CCc1cc(CCCN)cc(Cc2cccnc2)c1. The second kappa shape index (κ2) is 9.83. The van der Waals surface area contributed by atoms with E-state index in [1.54, 1.807) is 6.20 Å². The van der Waals surface area contributed by atoms with Gasteiger partial charge in [-0.2, -0.15) is 0 Å². The van der Waals surface area contributed by atoms with Crippen LogP contribution in [0.25, 0.3) is 0 Å². The van der Waals surface area contributed by atoms with Crippen molar-refractivity contribution in [2.75, 3.05) is 13.2 Å². The summed E-state index contributed by atoms with van der Waals surface area (Å²) in [5, 5.41) is 0. The van der Waals surface area contributed by atoms with Crippen LogP contribution in [0.2, 0.25) is 0 Å². The third-order valence-corrected chi connectivity index (χ3v) is 3.84. The molecule has 0 saturated carbocycles. The number of carbonyl (C=O) groups is 1. The molecule has 0 fully saturated rings. The van der Waals surface area contributed by atoms with Gasteiger partial charge in [-0.15, -0.1) is 0 Å². The van der Waals surface area contributed by atoms with Crippen molar-refractivity contribution >= 4 is 5.97 Å². The molecule has 0 aliphatic rings. The fourth-order valence-electron chi connectivity index (χ4n) is 2.75. The van der Waals surface area contributed by atoms with Crippen LogP contribution in [0.5, 0.6) is 0 Å². The summed E-state index contributed by atoms with van der Waals surface area (Å²) in [5.74, 6) is -0.140. The summed E-state index contributed by atoms with van der Waals surface area (Å²) in [5.41, 5.74) is 10.5. The fourth-order valence-corrected chi connectivity index (χ4v) is 2.75. The van der Waals surface area contributed by atoms with Gasteiger partial charge in [0.15, 0.2) is 0 Å². The molecule has 0 radical (unpaired) electrons. The normalized spacial score (nSPS) is 10.6. The molecule has 1 aromatic carbocycles. The zero-order chi connectivity index (χ0) is 17.2. The second-order valence-electron chi connectivity index (χ2n) is 5.89. The number of carbonyl (C=O) groups excluding carboxylic acids is 1. The molecule has 24 heavy (non-hydrogen) atoms. The van der Waals surface area contributed by atoms with Crippen molar-refractivity contribution in [3.8, 4) is 0 Å². The van der Waals surface area contributed by atoms with Gasteiger partial charge < -0.3 is 10.5 Å². The molecule has 1 aromatic heterocycles. The monoisotopic (exact) mass is 326 g/mol. The van der Waals surface area contributed by atoms with E-state index in [4.69, 9.17) is 10.5 Å². The highest BCUT2D eigenvalue weighted by molar-refractivity contribution is 5.69. The summed E-state index contributed by atoms with van der Waals surface area (Å²) in [7, 11) is 0. The third kappa shape index (κ3) is 6.13. The number of aryl methyl sites for hydroxylation is 2. The van der Waals surface area contributed by atoms with E-state index in [2.05, 4.69) is 29.2 Å². The van der Waals surface area contributed by atoms with Crippen molar-refractivity contribution in [1.82, 2.24) is 4.98 Å². The molecule has 2 rings (SSSR count). The predicted octanol–water partition coefficient (Wildman–Crippen LogP) is 3.06. The van der Waals surface area contributed by atoms with Gasteiger partial charge in [0.05, 0.1) is 6.61 Å². The van der Waals surface area contributed by atoms with Gasteiger partial charge in [-0.05, 0) is 67.5 Å². The average Bonchev–Trinajstić information content (AvgIpc) is 2.59. The van der Waals surface area contributed by atoms with E-state index in [9.17, 15) is 4.79 Å². The third-order valence-electron chi connectivity index (χ3n) is 3.84. The number of hydrogen-bond donors (Lipinski definition) is 1. The van der Waals surface area contributed by atoms with Gasteiger partial charge in [0, 0.05) is 18.8 Å². The average molecular weight is 326 g/mol. The van der Waals surface area contributed by atoms with Crippen LogP contribution in [0, 0.1) is 0 Å². The molecule has 0 unspecified atom stereocenters. The fraction of sp³-hybridized carbons (Fsp3) is 0.400. The van der Waals surface area contributed by atoms with Gasteiger partial charge in [0.2, 0.25) is 0 Å². The lowest BCUT2D eigenvalue weighted by Gasteiger charge is -2.10. The first-order valence-corrected chi connectivity index (χ1v) is 8.57. The van der Waals surface area contributed by atoms with Gasteiger partial charge in [-0.25, -0.2) is 0 Å². The Morgan fingerprint density at radius 1 is 1.12 bits per heavy atom. The van der Waals surface area contributed by atoms with Gasteiger partial charge in [-0.3, -0.25) is 9.78 Å². The van der Waals surface area contributed by atoms with Crippen molar-refractivity contribution in [2.45, 2.75) is 39.0 Å². The van der Waals surface area contributed by atoms with Gasteiger partial charge in [-0.1, -0.05) is 24.3 Å². The lowest BCUT2D eigenvalue weighted by atomic mass is 9.96. The van der Waals surface area contributed by atoms with Crippen LogP contribution in [-0.2, 0) is 28.8 Å². The van der Waals surface area contributed by atoms with Crippen LogP contribution < -0.4 is 5.73 Å². The highest BCUT2D eigenvalue weighted by Crippen LogP contribution is 2.17. The van der Waals surface area contributed by atoms with Gasteiger partial charge >= 0.3 is 5.97 Å². The highest BCUT2D eigenvalue weighted by atomic mass is 16.5. The summed E-state index contributed by atoms with van der Waals surface area (Å²) < 4.78 is 5.02. The largest absolute Gasteiger partial charge is 0.466 e. The number of nitrogens with zero attached hydrogens (tertiary/aromatic N) is 1. The molecule has 0 saturated heterocycles. The molecule has 1 heterocycles. The number of ether oxygens (including phenoxy) is 1.